The van der Waals surface area contributed by atoms with Crippen LogP contribution in [0.3, 0.4) is 0 Å². The molecular weight excluding hydrogens is 312 g/mol. The van der Waals surface area contributed by atoms with Crippen molar-refractivity contribution in [3.8, 4) is 11.5 Å². The largest absolute Gasteiger partial charge is 0.497 e. The maximum atomic E-state index is 12.0. The number of ether oxygens (including phenoxy) is 2. The third-order valence-corrected chi connectivity index (χ3v) is 3.36. The number of amides is 1. The Bertz CT molecular complexity index is 698. The summed E-state index contributed by atoms with van der Waals surface area (Å²) in [4.78, 5) is 22.2. The fourth-order valence-corrected chi connectivity index (χ4v) is 1.98. The number of methoxy groups -OCH3 is 1. The highest BCUT2D eigenvalue weighted by atomic mass is 16.6. The number of nitro groups is 1. The van der Waals surface area contributed by atoms with Crippen molar-refractivity contribution in [1.29, 1.82) is 0 Å². The van der Waals surface area contributed by atoms with Gasteiger partial charge in [-0.05, 0) is 36.8 Å². The zero-order valence-electron chi connectivity index (χ0n) is 13.4. The third-order valence-electron chi connectivity index (χ3n) is 3.36. The lowest BCUT2D eigenvalue weighted by Gasteiger charge is -2.14. The number of nitro benzene ring substituents is 1. The van der Waals surface area contributed by atoms with Crippen LogP contribution in [0, 0.1) is 10.1 Å². The Labute approximate surface area is 139 Å². The lowest BCUT2D eigenvalue weighted by atomic mass is 10.2. The number of hydrogen-bond donors (Lipinski definition) is 1. The van der Waals surface area contributed by atoms with Crippen molar-refractivity contribution in [2.24, 2.45) is 0 Å². The third kappa shape index (κ3) is 4.70. The summed E-state index contributed by atoms with van der Waals surface area (Å²) in [7, 11) is 1.59. The summed E-state index contributed by atoms with van der Waals surface area (Å²) in [6, 6.07) is 12.9. The Morgan fingerprint density at radius 1 is 1.12 bits per heavy atom. The van der Waals surface area contributed by atoms with E-state index in [1.54, 1.807) is 14.0 Å². The van der Waals surface area contributed by atoms with E-state index in [4.69, 9.17) is 9.47 Å². The monoisotopic (exact) mass is 330 g/mol. The molecule has 0 aliphatic rings. The molecule has 7 heteroatoms. The van der Waals surface area contributed by atoms with Gasteiger partial charge in [-0.15, -0.1) is 0 Å². The molecule has 0 fully saturated rings. The molecule has 0 heterocycles. The minimum absolute atomic E-state index is 0.0287. The van der Waals surface area contributed by atoms with E-state index in [0.717, 1.165) is 11.3 Å². The van der Waals surface area contributed by atoms with E-state index >= 15 is 0 Å². The summed E-state index contributed by atoms with van der Waals surface area (Å²) in [6.45, 7) is 1.99. The van der Waals surface area contributed by atoms with Crippen LogP contribution < -0.4 is 14.8 Å². The summed E-state index contributed by atoms with van der Waals surface area (Å²) >= 11 is 0. The van der Waals surface area contributed by atoms with Gasteiger partial charge < -0.3 is 14.8 Å². The first-order valence-corrected chi connectivity index (χ1v) is 7.31. The molecular formula is C17H18N2O5. The Hall–Kier alpha value is -3.09. The smallest absolute Gasteiger partial charge is 0.269 e. The number of benzene rings is 2. The second-order valence-electron chi connectivity index (χ2n) is 5.08. The average molecular weight is 330 g/mol. The van der Waals surface area contributed by atoms with Crippen LogP contribution in [0.25, 0.3) is 0 Å². The molecule has 0 radical (unpaired) electrons. The number of carbonyl (C=O) groups is 1. The van der Waals surface area contributed by atoms with E-state index in [9.17, 15) is 14.9 Å². The molecule has 2 rings (SSSR count). The van der Waals surface area contributed by atoms with E-state index in [0.29, 0.717) is 12.3 Å². The number of non-ortho nitro benzene ring substituents is 1. The standard InChI is InChI=1S/C17H18N2O5/c1-12(24-16-9-5-14(6-10-16)19(21)22)17(20)18-11-13-3-7-15(23-2)8-4-13/h3-10,12H,11H2,1-2H3,(H,18,20)/t12-/m0/s1. The quantitative estimate of drug-likeness (QED) is 0.622. The molecule has 2 aromatic rings. The van der Waals surface area contributed by atoms with Gasteiger partial charge in [0.05, 0.1) is 12.0 Å². The zero-order chi connectivity index (χ0) is 17.5. The zero-order valence-corrected chi connectivity index (χ0v) is 13.4. The lowest BCUT2D eigenvalue weighted by molar-refractivity contribution is -0.384. The second kappa shape index (κ2) is 7.96. The molecule has 2 aromatic carbocycles. The van der Waals surface area contributed by atoms with E-state index in [1.807, 2.05) is 24.3 Å². The summed E-state index contributed by atoms with van der Waals surface area (Å²) in [5, 5.41) is 13.4. The number of rotatable bonds is 7. The molecule has 0 aromatic heterocycles. The van der Waals surface area contributed by atoms with Crippen LogP contribution in [0.2, 0.25) is 0 Å². The van der Waals surface area contributed by atoms with Crippen molar-refractivity contribution >= 4 is 11.6 Å². The summed E-state index contributed by atoms with van der Waals surface area (Å²) in [5.74, 6) is 0.872. The van der Waals surface area contributed by atoms with Crippen LogP contribution >= 0.6 is 0 Å². The fraction of sp³-hybridized carbons (Fsp3) is 0.235. The van der Waals surface area contributed by atoms with Gasteiger partial charge in [-0.2, -0.15) is 0 Å². The number of carbonyl (C=O) groups excluding carboxylic acids is 1. The van der Waals surface area contributed by atoms with Gasteiger partial charge in [-0.1, -0.05) is 12.1 Å². The van der Waals surface area contributed by atoms with Crippen molar-refractivity contribution in [2.45, 2.75) is 19.6 Å². The van der Waals surface area contributed by atoms with Crippen molar-refractivity contribution in [3.63, 3.8) is 0 Å². The second-order valence-corrected chi connectivity index (χ2v) is 5.08. The fourth-order valence-electron chi connectivity index (χ4n) is 1.98. The van der Waals surface area contributed by atoms with Gasteiger partial charge in [-0.25, -0.2) is 0 Å². The van der Waals surface area contributed by atoms with Crippen LogP contribution in [-0.4, -0.2) is 24.0 Å². The molecule has 1 N–H and O–H groups in total. The maximum Gasteiger partial charge on any atom is 0.269 e. The molecule has 1 atom stereocenters. The molecule has 0 saturated heterocycles. The summed E-state index contributed by atoms with van der Waals surface area (Å²) < 4.78 is 10.6. The molecule has 0 aliphatic heterocycles. The van der Waals surface area contributed by atoms with E-state index in [-0.39, 0.29) is 11.6 Å². The van der Waals surface area contributed by atoms with Crippen molar-refractivity contribution < 1.29 is 19.2 Å². The topological polar surface area (TPSA) is 90.7 Å². The Kier molecular flexibility index (Phi) is 5.73. The lowest BCUT2D eigenvalue weighted by Crippen LogP contribution is -2.35. The maximum absolute atomic E-state index is 12.0. The van der Waals surface area contributed by atoms with Gasteiger partial charge in [-0.3, -0.25) is 14.9 Å². The Balaban J connectivity index is 1.85. The molecule has 0 aliphatic carbocycles. The van der Waals surface area contributed by atoms with E-state index < -0.39 is 11.0 Å². The first kappa shape index (κ1) is 17.3. The van der Waals surface area contributed by atoms with Gasteiger partial charge in [0.15, 0.2) is 6.10 Å². The van der Waals surface area contributed by atoms with Crippen LogP contribution in [-0.2, 0) is 11.3 Å². The molecule has 24 heavy (non-hydrogen) atoms. The average Bonchev–Trinajstić information content (AvgIpc) is 2.60. The normalized spacial score (nSPS) is 11.4. The number of nitrogens with one attached hydrogen (secondary N) is 1. The molecule has 0 saturated carbocycles. The van der Waals surface area contributed by atoms with E-state index in [2.05, 4.69) is 5.32 Å². The van der Waals surface area contributed by atoms with Crippen molar-refractivity contribution in [1.82, 2.24) is 5.32 Å². The number of hydrogen-bond acceptors (Lipinski definition) is 5. The predicted octanol–water partition coefficient (Wildman–Crippen LogP) is 2.69. The van der Waals surface area contributed by atoms with Crippen molar-refractivity contribution in [3.05, 3.63) is 64.2 Å². The van der Waals surface area contributed by atoms with Crippen LogP contribution in [0.15, 0.2) is 48.5 Å². The first-order valence-electron chi connectivity index (χ1n) is 7.31. The van der Waals surface area contributed by atoms with Gasteiger partial charge in [0.2, 0.25) is 0 Å². The van der Waals surface area contributed by atoms with Gasteiger partial charge >= 0.3 is 0 Å². The molecule has 0 unspecified atom stereocenters. The predicted molar refractivity (Wildman–Crippen MR) is 88.0 cm³/mol. The minimum atomic E-state index is -0.718. The van der Waals surface area contributed by atoms with Gasteiger partial charge in [0.1, 0.15) is 11.5 Å². The van der Waals surface area contributed by atoms with E-state index in [1.165, 1.54) is 24.3 Å². The summed E-state index contributed by atoms with van der Waals surface area (Å²) in [5.41, 5.74) is 0.908. The highest BCUT2D eigenvalue weighted by molar-refractivity contribution is 5.80. The van der Waals surface area contributed by atoms with Gasteiger partial charge in [0.25, 0.3) is 11.6 Å². The van der Waals surface area contributed by atoms with Crippen LogP contribution in [0.5, 0.6) is 11.5 Å². The highest BCUT2D eigenvalue weighted by Gasteiger charge is 2.15. The van der Waals surface area contributed by atoms with Crippen LogP contribution in [0.1, 0.15) is 12.5 Å². The summed E-state index contributed by atoms with van der Waals surface area (Å²) in [6.07, 6.45) is -0.718. The van der Waals surface area contributed by atoms with Gasteiger partial charge in [0, 0.05) is 18.7 Å². The first-order chi connectivity index (χ1) is 11.5. The molecule has 0 bridgehead atoms. The Morgan fingerprint density at radius 2 is 1.71 bits per heavy atom. The molecule has 1 amide bonds. The minimum Gasteiger partial charge on any atom is -0.497 e. The Morgan fingerprint density at radius 3 is 2.25 bits per heavy atom. The van der Waals surface area contributed by atoms with Crippen molar-refractivity contribution in [2.75, 3.05) is 7.11 Å². The molecule has 126 valence electrons. The highest BCUT2D eigenvalue weighted by Crippen LogP contribution is 2.18. The number of nitrogens with zero attached hydrogens (tertiary/aromatic N) is 1. The van der Waals surface area contributed by atoms with Crippen LogP contribution in [0.4, 0.5) is 5.69 Å². The molecule has 0 spiro atoms. The SMILES string of the molecule is COc1ccc(CNC(=O)[C@H](C)Oc2ccc([N+](=O)[O-])cc2)cc1. The molecule has 7 nitrogen and oxygen atoms in total.